The average Bonchev–Trinajstić information content (AvgIpc) is 3.25. The summed E-state index contributed by atoms with van der Waals surface area (Å²) in [5, 5.41) is 1.17. The molecule has 1 N–H and O–H groups in total. The summed E-state index contributed by atoms with van der Waals surface area (Å²) in [5.74, 6) is 6.36. The number of unbranched alkanes of at least 4 members (excludes halogenated alkanes) is 2. The second-order valence-corrected chi connectivity index (χ2v) is 7.79. The van der Waals surface area contributed by atoms with Crippen molar-refractivity contribution in [1.82, 2.24) is 9.97 Å². The second-order valence-electron chi connectivity index (χ2n) is 7.21. The lowest BCUT2D eigenvalue weighted by Crippen LogP contribution is -1.99. The number of fused-ring (bicyclic) bond motifs is 1. The third kappa shape index (κ3) is 6.53. The van der Waals surface area contributed by atoms with Gasteiger partial charge in [-0.25, -0.2) is 4.98 Å². The molecule has 30 heavy (non-hydrogen) atoms. The van der Waals surface area contributed by atoms with Crippen molar-refractivity contribution in [2.24, 2.45) is 0 Å². The molecular formula is C25H26N2O2S. The molecule has 2 aromatic heterocycles. The van der Waals surface area contributed by atoms with E-state index in [4.69, 9.17) is 17.0 Å². The van der Waals surface area contributed by atoms with E-state index in [0.717, 1.165) is 60.3 Å². The van der Waals surface area contributed by atoms with Gasteiger partial charge in [0.2, 0.25) is 5.78 Å². The SMILES string of the molecule is COc1cccc(C#CC(=O)CCCCCC(=S)CCc2ccnc3[nH]ccc23)c1. The number of carbonyl (C=O) groups is 1. The van der Waals surface area contributed by atoms with Gasteiger partial charge in [-0.3, -0.25) is 4.79 Å². The number of aromatic amines is 1. The summed E-state index contributed by atoms with van der Waals surface area (Å²) >= 11 is 5.55. The molecule has 3 aromatic rings. The van der Waals surface area contributed by atoms with E-state index in [-0.39, 0.29) is 5.78 Å². The van der Waals surface area contributed by atoms with Gasteiger partial charge in [0.15, 0.2) is 0 Å². The molecule has 3 rings (SSSR count). The van der Waals surface area contributed by atoms with E-state index < -0.39 is 0 Å². The van der Waals surface area contributed by atoms with Crippen molar-refractivity contribution in [3.05, 3.63) is 59.9 Å². The Kier molecular flexibility index (Phi) is 8.17. The maximum atomic E-state index is 12.0. The van der Waals surface area contributed by atoms with Crippen LogP contribution in [-0.2, 0) is 11.2 Å². The summed E-state index contributed by atoms with van der Waals surface area (Å²) in [7, 11) is 1.61. The Hall–Kier alpha value is -2.97. The van der Waals surface area contributed by atoms with Crippen LogP contribution in [-0.4, -0.2) is 27.7 Å². The zero-order valence-corrected chi connectivity index (χ0v) is 18.1. The highest BCUT2D eigenvalue weighted by atomic mass is 32.1. The van der Waals surface area contributed by atoms with E-state index in [0.29, 0.717) is 6.42 Å². The number of benzene rings is 1. The van der Waals surface area contributed by atoms with Gasteiger partial charge in [0.25, 0.3) is 0 Å². The smallest absolute Gasteiger partial charge is 0.205 e. The van der Waals surface area contributed by atoms with Crippen LogP contribution in [0.2, 0.25) is 0 Å². The van der Waals surface area contributed by atoms with E-state index in [1.54, 1.807) is 7.11 Å². The summed E-state index contributed by atoms with van der Waals surface area (Å²) in [4.78, 5) is 20.5. The van der Waals surface area contributed by atoms with Gasteiger partial charge in [0.05, 0.1) is 7.11 Å². The Morgan fingerprint density at radius 2 is 2.00 bits per heavy atom. The largest absolute Gasteiger partial charge is 0.497 e. The van der Waals surface area contributed by atoms with Crippen molar-refractivity contribution >= 4 is 33.9 Å². The molecule has 4 nitrogen and oxygen atoms in total. The first-order valence-corrected chi connectivity index (χ1v) is 10.7. The third-order valence-electron chi connectivity index (χ3n) is 5.00. The number of methoxy groups -OCH3 is 1. The number of thiocarbonyl (C=S) groups is 1. The highest BCUT2D eigenvalue weighted by Crippen LogP contribution is 2.18. The van der Waals surface area contributed by atoms with Gasteiger partial charge in [-0.1, -0.05) is 30.6 Å². The lowest BCUT2D eigenvalue weighted by molar-refractivity contribution is -0.113. The number of nitrogens with one attached hydrogen (secondary N) is 1. The lowest BCUT2D eigenvalue weighted by Gasteiger charge is -2.05. The van der Waals surface area contributed by atoms with Crippen LogP contribution in [0.15, 0.2) is 48.8 Å². The number of Topliss-reactive ketones (excluding diaryl/α,β-unsaturated/α-hetero) is 1. The zero-order valence-electron chi connectivity index (χ0n) is 17.2. The molecule has 0 unspecified atom stereocenters. The molecule has 0 bridgehead atoms. The Labute approximate surface area is 183 Å². The van der Waals surface area contributed by atoms with Gasteiger partial charge >= 0.3 is 0 Å². The molecule has 0 aliphatic rings. The van der Waals surface area contributed by atoms with Gasteiger partial charge in [0, 0.05) is 29.8 Å². The van der Waals surface area contributed by atoms with Gasteiger partial charge in [-0.05, 0) is 78.8 Å². The molecule has 0 amide bonds. The average molecular weight is 419 g/mol. The molecule has 0 saturated heterocycles. The number of carbonyl (C=O) groups excluding carboxylic acids is 1. The minimum atomic E-state index is -0.0198. The fourth-order valence-electron chi connectivity index (χ4n) is 3.32. The minimum absolute atomic E-state index is 0.0198. The van der Waals surface area contributed by atoms with Crippen molar-refractivity contribution in [3.8, 4) is 17.6 Å². The van der Waals surface area contributed by atoms with Crippen molar-refractivity contribution in [2.75, 3.05) is 7.11 Å². The zero-order chi connectivity index (χ0) is 21.2. The van der Waals surface area contributed by atoms with Crippen LogP contribution >= 0.6 is 12.2 Å². The van der Waals surface area contributed by atoms with Crippen molar-refractivity contribution in [2.45, 2.75) is 44.9 Å². The Bertz CT molecular complexity index is 1080. The quantitative estimate of drug-likeness (QED) is 0.270. The Morgan fingerprint density at radius 1 is 1.13 bits per heavy atom. The standard InChI is InChI=1S/C25H26N2O2S/c1-29-22-8-5-6-19(18-22)10-12-21(28)7-3-2-4-9-23(30)13-11-20-14-16-26-25-24(20)15-17-27-25/h5-6,8,14-18H,2-4,7,9,11,13H2,1H3,(H,26,27). The van der Waals surface area contributed by atoms with Crippen molar-refractivity contribution in [3.63, 3.8) is 0 Å². The van der Waals surface area contributed by atoms with E-state index in [2.05, 4.69) is 33.9 Å². The summed E-state index contributed by atoms with van der Waals surface area (Å²) in [6, 6.07) is 11.6. The second kappa shape index (κ2) is 11.3. The van der Waals surface area contributed by atoms with Gasteiger partial charge in [0.1, 0.15) is 11.4 Å². The van der Waals surface area contributed by atoms with Crippen LogP contribution < -0.4 is 4.74 Å². The number of hydrogen-bond acceptors (Lipinski definition) is 4. The number of aromatic nitrogens is 2. The van der Waals surface area contributed by atoms with Crippen LogP contribution in [0, 0.1) is 11.8 Å². The van der Waals surface area contributed by atoms with Gasteiger partial charge < -0.3 is 9.72 Å². The first kappa shape index (κ1) is 21.7. The normalized spacial score (nSPS) is 10.4. The van der Waals surface area contributed by atoms with Crippen LogP contribution in [0.3, 0.4) is 0 Å². The van der Waals surface area contributed by atoms with Crippen LogP contribution in [0.25, 0.3) is 11.0 Å². The molecule has 0 aliphatic carbocycles. The van der Waals surface area contributed by atoms with Crippen LogP contribution in [0.1, 0.15) is 49.7 Å². The lowest BCUT2D eigenvalue weighted by atomic mass is 10.0. The van der Waals surface area contributed by atoms with E-state index in [1.165, 1.54) is 10.9 Å². The highest BCUT2D eigenvalue weighted by Gasteiger charge is 2.05. The molecule has 0 spiro atoms. The van der Waals surface area contributed by atoms with Crippen molar-refractivity contribution in [1.29, 1.82) is 0 Å². The van der Waals surface area contributed by atoms with E-state index in [9.17, 15) is 4.79 Å². The number of ketones is 1. The first-order valence-electron chi connectivity index (χ1n) is 10.3. The third-order valence-corrected chi connectivity index (χ3v) is 5.41. The fourth-order valence-corrected chi connectivity index (χ4v) is 3.57. The molecule has 0 radical (unpaired) electrons. The molecule has 2 heterocycles. The predicted octanol–water partition coefficient (Wildman–Crippen LogP) is 5.45. The first-order chi connectivity index (χ1) is 14.7. The van der Waals surface area contributed by atoms with E-state index >= 15 is 0 Å². The number of rotatable bonds is 10. The number of pyridine rings is 1. The Balaban J connectivity index is 1.32. The van der Waals surface area contributed by atoms with Gasteiger partial charge in [-0.2, -0.15) is 0 Å². The molecule has 0 atom stereocenters. The predicted molar refractivity (Wildman–Crippen MR) is 125 cm³/mol. The van der Waals surface area contributed by atoms with Gasteiger partial charge in [-0.15, -0.1) is 0 Å². The highest BCUT2D eigenvalue weighted by molar-refractivity contribution is 7.80. The monoisotopic (exact) mass is 418 g/mol. The molecule has 0 aliphatic heterocycles. The molecule has 1 aromatic carbocycles. The van der Waals surface area contributed by atoms with Crippen molar-refractivity contribution < 1.29 is 9.53 Å². The molecule has 154 valence electrons. The van der Waals surface area contributed by atoms with Crippen LogP contribution in [0.4, 0.5) is 0 Å². The summed E-state index contributed by atoms with van der Waals surface area (Å²) in [6.45, 7) is 0. The van der Waals surface area contributed by atoms with E-state index in [1.807, 2.05) is 36.7 Å². The van der Waals surface area contributed by atoms with Crippen LogP contribution in [0.5, 0.6) is 5.75 Å². The molecule has 5 heteroatoms. The molecule has 0 saturated carbocycles. The number of aryl methyl sites for hydroxylation is 1. The molecular weight excluding hydrogens is 392 g/mol. The number of nitrogens with zero attached hydrogens (tertiary/aromatic N) is 1. The maximum absolute atomic E-state index is 12.0. The number of H-pyrrole nitrogens is 1. The maximum Gasteiger partial charge on any atom is 0.205 e. The summed E-state index contributed by atoms with van der Waals surface area (Å²) in [6.07, 6.45) is 9.89. The summed E-state index contributed by atoms with van der Waals surface area (Å²) in [5.41, 5.74) is 3.00. The fraction of sp³-hybridized carbons (Fsp3) is 0.320. The topological polar surface area (TPSA) is 55.0 Å². The molecule has 0 fully saturated rings. The summed E-state index contributed by atoms with van der Waals surface area (Å²) < 4.78 is 5.16. The Morgan fingerprint density at radius 3 is 2.87 bits per heavy atom. The number of ether oxygens (including phenoxy) is 1. The minimum Gasteiger partial charge on any atom is -0.497 e. The number of hydrogen-bond donors (Lipinski definition) is 1.